The molecule has 2 bridgehead atoms. The Morgan fingerprint density at radius 1 is 1.00 bits per heavy atom. The smallest absolute Gasteiger partial charge is 0.407 e. The lowest BCUT2D eigenvalue weighted by atomic mass is 9.99. The Hall–Kier alpha value is -5.25. The summed E-state index contributed by atoms with van der Waals surface area (Å²) in [6, 6.07) is 18.8. The van der Waals surface area contributed by atoms with E-state index in [1.807, 2.05) is 47.2 Å². The SMILES string of the molecule is Cc1cc(N2CC3CC2CN3C(=O)O)ccc1-c1ccnc2c(-c3cccc4[nH]ncc34)c(-c3ccncc3)nn12. The summed E-state index contributed by atoms with van der Waals surface area (Å²) in [6.45, 7) is 3.40. The predicted molar refractivity (Wildman–Crippen MR) is 156 cm³/mol. The number of likely N-dealkylation sites (tertiary alicyclic amines) is 1. The summed E-state index contributed by atoms with van der Waals surface area (Å²) < 4.78 is 1.94. The minimum absolute atomic E-state index is 0.0612. The molecule has 2 fully saturated rings. The number of benzene rings is 2. The van der Waals surface area contributed by atoms with Crippen molar-refractivity contribution in [2.75, 3.05) is 18.0 Å². The summed E-state index contributed by atoms with van der Waals surface area (Å²) in [6.07, 6.45) is 7.31. The molecule has 2 N–H and O–H groups in total. The van der Waals surface area contributed by atoms with E-state index >= 15 is 0 Å². The van der Waals surface area contributed by atoms with E-state index in [0.717, 1.165) is 74.4 Å². The number of aromatic nitrogens is 6. The first kappa shape index (κ1) is 23.6. The van der Waals surface area contributed by atoms with E-state index in [4.69, 9.17) is 10.1 Å². The Bertz CT molecular complexity index is 1960. The van der Waals surface area contributed by atoms with E-state index in [9.17, 15) is 9.90 Å². The zero-order valence-electron chi connectivity index (χ0n) is 22.3. The van der Waals surface area contributed by atoms with Crippen LogP contribution in [0.25, 0.3) is 50.2 Å². The molecule has 6 heterocycles. The first-order valence-electron chi connectivity index (χ1n) is 13.6. The number of carboxylic acid groups (broad SMARTS) is 1. The summed E-state index contributed by atoms with van der Waals surface area (Å²) >= 11 is 0. The van der Waals surface area contributed by atoms with E-state index in [1.54, 1.807) is 17.3 Å². The number of amides is 1. The lowest BCUT2D eigenvalue weighted by Crippen LogP contribution is -2.48. The summed E-state index contributed by atoms with van der Waals surface area (Å²) in [5.74, 6) is 0. The number of hydrogen-bond acceptors (Lipinski definition) is 6. The molecule has 0 saturated carbocycles. The Labute approximate surface area is 234 Å². The summed E-state index contributed by atoms with van der Waals surface area (Å²) in [5, 5.41) is 23.0. The Morgan fingerprint density at radius 3 is 2.66 bits per heavy atom. The maximum Gasteiger partial charge on any atom is 0.407 e. The highest BCUT2D eigenvalue weighted by atomic mass is 16.4. The molecule has 10 heteroatoms. The van der Waals surface area contributed by atoms with E-state index < -0.39 is 6.09 Å². The number of anilines is 1. The third-order valence-corrected chi connectivity index (χ3v) is 8.53. The van der Waals surface area contributed by atoms with Crippen molar-refractivity contribution in [3.8, 4) is 33.6 Å². The van der Waals surface area contributed by atoms with Gasteiger partial charge in [-0.2, -0.15) is 10.2 Å². The number of nitrogens with one attached hydrogen (secondary N) is 1. The van der Waals surface area contributed by atoms with Crippen LogP contribution in [0.1, 0.15) is 12.0 Å². The van der Waals surface area contributed by atoms with Crippen molar-refractivity contribution in [2.24, 2.45) is 0 Å². The van der Waals surface area contributed by atoms with Crippen LogP contribution in [0.5, 0.6) is 0 Å². The molecule has 2 aliphatic heterocycles. The molecule has 2 atom stereocenters. The van der Waals surface area contributed by atoms with Crippen molar-refractivity contribution in [1.29, 1.82) is 0 Å². The fraction of sp³-hybridized carbons (Fsp3) is 0.194. The molecule has 2 saturated heterocycles. The normalized spacial score (nSPS) is 18.2. The van der Waals surface area contributed by atoms with Gasteiger partial charge in [-0.1, -0.05) is 18.2 Å². The molecule has 0 radical (unpaired) electrons. The zero-order valence-corrected chi connectivity index (χ0v) is 22.3. The number of aromatic amines is 1. The van der Waals surface area contributed by atoms with Crippen molar-refractivity contribution < 1.29 is 9.90 Å². The van der Waals surface area contributed by atoms with Gasteiger partial charge in [0.1, 0.15) is 5.69 Å². The van der Waals surface area contributed by atoms with Gasteiger partial charge in [-0.25, -0.2) is 14.3 Å². The fourth-order valence-electron chi connectivity index (χ4n) is 6.63. The summed E-state index contributed by atoms with van der Waals surface area (Å²) in [4.78, 5) is 24.5. The maximum atomic E-state index is 11.5. The highest BCUT2D eigenvalue weighted by molar-refractivity contribution is 6.03. The van der Waals surface area contributed by atoms with Crippen LogP contribution in [0.15, 0.2) is 79.4 Å². The summed E-state index contributed by atoms with van der Waals surface area (Å²) in [7, 11) is 0. The van der Waals surface area contributed by atoms with Gasteiger partial charge in [-0.3, -0.25) is 10.1 Å². The van der Waals surface area contributed by atoms with E-state index in [-0.39, 0.29) is 12.1 Å². The molecule has 2 aliphatic rings. The Balaban J connectivity index is 1.26. The molecule has 8 rings (SSSR count). The van der Waals surface area contributed by atoms with Gasteiger partial charge in [0.2, 0.25) is 0 Å². The zero-order chi connectivity index (χ0) is 27.7. The maximum absolute atomic E-state index is 11.5. The molecule has 1 amide bonds. The van der Waals surface area contributed by atoms with Crippen molar-refractivity contribution in [3.05, 3.63) is 84.9 Å². The van der Waals surface area contributed by atoms with Crippen LogP contribution in [0.2, 0.25) is 0 Å². The molecule has 2 aromatic carbocycles. The predicted octanol–water partition coefficient (Wildman–Crippen LogP) is 5.25. The molecule has 0 spiro atoms. The van der Waals surface area contributed by atoms with Crippen molar-refractivity contribution in [2.45, 2.75) is 25.4 Å². The van der Waals surface area contributed by atoms with Crippen LogP contribution in [-0.2, 0) is 0 Å². The number of carbonyl (C=O) groups is 1. The summed E-state index contributed by atoms with van der Waals surface area (Å²) in [5.41, 5.74) is 9.69. The number of hydrogen-bond donors (Lipinski definition) is 2. The first-order valence-corrected chi connectivity index (χ1v) is 13.6. The number of H-pyrrole nitrogens is 1. The van der Waals surface area contributed by atoms with Crippen LogP contribution in [-0.4, -0.2) is 71.1 Å². The van der Waals surface area contributed by atoms with E-state index in [2.05, 4.69) is 51.3 Å². The van der Waals surface area contributed by atoms with Crippen molar-refractivity contribution in [3.63, 3.8) is 0 Å². The molecular weight excluding hydrogens is 516 g/mol. The van der Waals surface area contributed by atoms with Gasteiger partial charge in [-0.05, 0) is 60.9 Å². The lowest BCUT2D eigenvalue weighted by molar-refractivity contribution is 0.137. The Kier molecular flexibility index (Phi) is 5.12. The second kappa shape index (κ2) is 8.88. The van der Waals surface area contributed by atoms with Gasteiger partial charge in [-0.15, -0.1) is 0 Å². The average Bonchev–Trinajstić information content (AvgIpc) is 3.79. The third kappa shape index (κ3) is 3.60. The highest BCUT2D eigenvalue weighted by Gasteiger charge is 2.45. The number of aryl methyl sites for hydroxylation is 1. The second-order valence-electron chi connectivity index (χ2n) is 10.8. The minimum atomic E-state index is -0.820. The van der Waals surface area contributed by atoms with Gasteiger partial charge in [0.25, 0.3) is 0 Å². The van der Waals surface area contributed by atoms with Gasteiger partial charge in [0, 0.05) is 59.9 Å². The largest absolute Gasteiger partial charge is 0.465 e. The number of rotatable bonds is 4. The number of piperazine rings is 1. The quantitative estimate of drug-likeness (QED) is 0.313. The second-order valence-corrected chi connectivity index (χ2v) is 10.8. The van der Waals surface area contributed by atoms with Crippen LogP contribution >= 0.6 is 0 Å². The first-order chi connectivity index (χ1) is 20.1. The van der Waals surface area contributed by atoms with Crippen LogP contribution in [0.3, 0.4) is 0 Å². The standard InChI is InChI=1S/C31H26N8O2/c1-18-13-20(37-16-22-14-21(37)17-38(22)31(40)41)5-6-23(18)27-9-12-33-30-28(24-3-2-4-26-25(24)15-34-35-26)29(36-39(27)30)19-7-10-32-11-8-19/h2-13,15,21-22H,14,16-17H2,1H3,(H,34,35)(H,40,41). The fourth-order valence-corrected chi connectivity index (χ4v) is 6.63. The van der Waals surface area contributed by atoms with Gasteiger partial charge >= 0.3 is 6.09 Å². The molecular formula is C31H26N8O2. The van der Waals surface area contributed by atoms with E-state index in [0.29, 0.717) is 6.54 Å². The van der Waals surface area contributed by atoms with Gasteiger partial charge in [0.05, 0.1) is 29.0 Å². The molecule has 4 aromatic heterocycles. The number of fused-ring (bicyclic) bond motifs is 4. The van der Waals surface area contributed by atoms with Crippen LogP contribution < -0.4 is 4.90 Å². The van der Waals surface area contributed by atoms with Gasteiger partial charge < -0.3 is 14.9 Å². The molecule has 0 aliphatic carbocycles. The Morgan fingerprint density at radius 2 is 1.88 bits per heavy atom. The number of pyridine rings is 1. The molecule has 41 heavy (non-hydrogen) atoms. The van der Waals surface area contributed by atoms with Crippen LogP contribution in [0, 0.1) is 6.92 Å². The van der Waals surface area contributed by atoms with E-state index in [1.165, 1.54) is 0 Å². The van der Waals surface area contributed by atoms with Gasteiger partial charge in [0.15, 0.2) is 5.65 Å². The monoisotopic (exact) mass is 542 g/mol. The van der Waals surface area contributed by atoms with Crippen LogP contribution in [0.4, 0.5) is 10.5 Å². The minimum Gasteiger partial charge on any atom is -0.465 e. The molecule has 10 nitrogen and oxygen atoms in total. The number of nitrogens with zero attached hydrogens (tertiary/aromatic N) is 7. The molecule has 6 aromatic rings. The average molecular weight is 543 g/mol. The lowest BCUT2D eigenvalue weighted by Gasteiger charge is -2.34. The highest BCUT2D eigenvalue weighted by Crippen LogP contribution is 2.40. The topological polar surface area (TPSA) is 116 Å². The third-order valence-electron chi connectivity index (χ3n) is 8.53. The van der Waals surface area contributed by atoms with Crippen molar-refractivity contribution in [1.82, 2.24) is 34.7 Å². The van der Waals surface area contributed by atoms with Crippen molar-refractivity contribution >= 4 is 28.3 Å². The molecule has 2 unspecified atom stereocenters. The molecule has 202 valence electrons.